The summed E-state index contributed by atoms with van der Waals surface area (Å²) in [7, 11) is 0. The molecule has 0 spiro atoms. The number of nitrogens with one attached hydrogen (secondary N) is 1. The summed E-state index contributed by atoms with van der Waals surface area (Å²) in [5.41, 5.74) is 3.91. The van der Waals surface area contributed by atoms with E-state index in [1.54, 1.807) is 6.07 Å². The Morgan fingerprint density at radius 3 is 2.62 bits per heavy atom. The smallest absolute Gasteiger partial charge is 0.187 e. The highest BCUT2D eigenvalue weighted by Gasteiger charge is 2.32. The molecule has 3 aromatic rings. The van der Waals surface area contributed by atoms with Gasteiger partial charge in [0.25, 0.3) is 0 Å². The fraction of sp³-hybridized carbons (Fsp3) is 0.308. The van der Waals surface area contributed by atoms with Crippen LogP contribution in [-0.2, 0) is 11.3 Å². The maximum atomic E-state index is 13.2. The highest BCUT2D eigenvalue weighted by molar-refractivity contribution is 5.55. The van der Waals surface area contributed by atoms with E-state index >= 15 is 0 Å². The molecule has 5 rings (SSSR count). The Morgan fingerprint density at radius 2 is 1.84 bits per heavy atom. The first-order valence-corrected chi connectivity index (χ1v) is 11.2. The van der Waals surface area contributed by atoms with Crippen molar-refractivity contribution in [3.63, 3.8) is 0 Å². The van der Waals surface area contributed by atoms with Crippen molar-refractivity contribution in [3.05, 3.63) is 106 Å². The second-order valence-corrected chi connectivity index (χ2v) is 8.25. The summed E-state index contributed by atoms with van der Waals surface area (Å²) in [6.45, 7) is 5.26. The van der Waals surface area contributed by atoms with Crippen molar-refractivity contribution in [1.29, 1.82) is 0 Å². The van der Waals surface area contributed by atoms with Gasteiger partial charge in [0.05, 0.1) is 36.6 Å². The molecule has 0 saturated carbocycles. The van der Waals surface area contributed by atoms with E-state index in [2.05, 4.69) is 31.9 Å². The molecule has 2 aliphatic heterocycles. The van der Waals surface area contributed by atoms with Crippen molar-refractivity contribution >= 4 is 6.08 Å². The van der Waals surface area contributed by atoms with E-state index < -0.39 is 0 Å². The lowest BCUT2D eigenvalue weighted by atomic mass is 9.82. The molecular weight excluding hydrogens is 400 g/mol. The van der Waals surface area contributed by atoms with Gasteiger partial charge in [0.1, 0.15) is 0 Å². The first kappa shape index (κ1) is 20.7. The second-order valence-electron chi connectivity index (χ2n) is 8.25. The number of hydrogen-bond donors (Lipinski definition) is 1. The Kier molecular flexibility index (Phi) is 6.14. The normalized spacial score (nSPS) is 19.2. The molecule has 6 heteroatoms. The van der Waals surface area contributed by atoms with Crippen LogP contribution in [0.4, 0.5) is 0 Å². The van der Waals surface area contributed by atoms with E-state index in [4.69, 9.17) is 4.74 Å². The van der Waals surface area contributed by atoms with Crippen LogP contribution in [0.5, 0.6) is 0 Å². The van der Waals surface area contributed by atoms with Crippen LogP contribution < -0.4 is 10.7 Å². The molecule has 1 fully saturated rings. The molecule has 0 amide bonds. The first-order valence-electron chi connectivity index (χ1n) is 11.2. The Morgan fingerprint density at radius 1 is 1.03 bits per heavy atom. The predicted octanol–water partition coefficient (Wildman–Crippen LogP) is 3.02. The standard InChI is InChI=1S/C26H28N4O2/c31-23-10-13-30(15-14-29-16-18-32-19-17-29)22-9-12-28-26(25(22)23)24(20-6-2-1-3-7-20)21-8-4-5-11-27-21/h1-13,24,26,28H,14-19H2. The molecule has 4 heterocycles. The van der Waals surface area contributed by atoms with Gasteiger partial charge in [-0.3, -0.25) is 14.7 Å². The minimum absolute atomic E-state index is 0.0568. The zero-order chi connectivity index (χ0) is 21.8. The summed E-state index contributed by atoms with van der Waals surface area (Å²) in [5.74, 6) is -0.0797. The quantitative estimate of drug-likeness (QED) is 0.654. The lowest BCUT2D eigenvalue weighted by Crippen LogP contribution is -2.39. The molecule has 1 aromatic carbocycles. The van der Waals surface area contributed by atoms with Gasteiger partial charge in [0.2, 0.25) is 0 Å². The number of morpholine rings is 1. The number of pyridine rings is 2. The van der Waals surface area contributed by atoms with Gasteiger partial charge in [0.15, 0.2) is 5.43 Å². The van der Waals surface area contributed by atoms with Gasteiger partial charge in [-0.1, -0.05) is 36.4 Å². The summed E-state index contributed by atoms with van der Waals surface area (Å²) in [6, 6.07) is 17.8. The largest absolute Gasteiger partial charge is 0.383 e. The number of benzene rings is 1. The number of hydrogen-bond acceptors (Lipinski definition) is 5. The van der Waals surface area contributed by atoms with Crippen LogP contribution in [0.2, 0.25) is 0 Å². The molecule has 32 heavy (non-hydrogen) atoms. The monoisotopic (exact) mass is 428 g/mol. The summed E-state index contributed by atoms with van der Waals surface area (Å²) in [5, 5.41) is 3.49. The van der Waals surface area contributed by atoms with Gasteiger partial charge in [-0.25, -0.2) is 0 Å². The average Bonchev–Trinajstić information content (AvgIpc) is 2.86. The number of rotatable bonds is 6. The van der Waals surface area contributed by atoms with Crippen LogP contribution in [0.3, 0.4) is 0 Å². The number of fused-ring (bicyclic) bond motifs is 1. The van der Waals surface area contributed by atoms with Crippen LogP contribution in [0, 0.1) is 0 Å². The predicted molar refractivity (Wildman–Crippen MR) is 125 cm³/mol. The molecule has 0 bridgehead atoms. The third-order valence-electron chi connectivity index (χ3n) is 6.34. The van der Waals surface area contributed by atoms with E-state index in [1.807, 2.05) is 61.1 Å². The maximum Gasteiger partial charge on any atom is 0.187 e. The third-order valence-corrected chi connectivity index (χ3v) is 6.34. The van der Waals surface area contributed by atoms with Crippen LogP contribution in [0.1, 0.15) is 34.5 Å². The van der Waals surface area contributed by atoms with Crippen molar-refractivity contribution in [2.45, 2.75) is 18.5 Å². The fourth-order valence-corrected chi connectivity index (χ4v) is 4.71. The van der Waals surface area contributed by atoms with Gasteiger partial charge in [-0.2, -0.15) is 0 Å². The average molecular weight is 429 g/mol. The lowest BCUT2D eigenvalue weighted by Gasteiger charge is -2.32. The van der Waals surface area contributed by atoms with E-state index in [1.165, 1.54) is 0 Å². The molecule has 0 radical (unpaired) electrons. The second kappa shape index (κ2) is 9.51. The van der Waals surface area contributed by atoms with Crippen LogP contribution in [-0.4, -0.2) is 47.3 Å². The molecular formula is C26H28N4O2. The van der Waals surface area contributed by atoms with E-state index in [0.717, 1.165) is 61.9 Å². The van der Waals surface area contributed by atoms with Crippen molar-refractivity contribution in [1.82, 2.24) is 19.8 Å². The van der Waals surface area contributed by atoms with Crippen LogP contribution in [0.25, 0.3) is 6.08 Å². The van der Waals surface area contributed by atoms with Gasteiger partial charge < -0.3 is 14.6 Å². The Labute approximate surface area is 188 Å². The molecule has 1 N–H and O–H groups in total. The Balaban J connectivity index is 1.53. The molecule has 2 atom stereocenters. The number of ether oxygens (including phenoxy) is 1. The van der Waals surface area contributed by atoms with Gasteiger partial charge in [-0.15, -0.1) is 0 Å². The zero-order valence-electron chi connectivity index (χ0n) is 18.1. The molecule has 164 valence electrons. The molecule has 1 saturated heterocycles. The number of nitrogens with zero attached hydrogens (tertiary/aromatic N) is 3. The summed E-state index contributed by atoms with van der Waals surface area (Å²) >= 11 is 0. The van der Waals surface area contributed by atoms with E-state index in [9.17, 15) is 4.79 Å². The van der Waals surface area contributed by atoms with E-state index in [0.29, 0.717) is 0 Å². The van der Waals surface area contributed by atoms with Crippen molar-refractivity contribution in [3.8, 4) is 0 Å². The van der Waals surface area contributed by atoms with E-state index in [-0.39, 0.29) is 17.4 Å². The molecule has 2 aliphatic rings. The highest BCUT2D eigenvalue weighted by atomic mass is 16.5. The number of aromatic nitrogens is 2. The summed E-state index contributed by atoms with van der Waals surface area (Å²) in [6.07, 6.45) is 7.73. The van der Waals surface area contributed by atoms with Crippen LogP contribution in [0.15, 0.2) is 78.0 Å². The zero-order valence-corrected chi connectivity index (χ0v) is 18.1. The summed E-state index contributed by atoms with van der Waals surface area (Å²) in [4.78, 5) is 20.2. The Hall–Kier alpha value is -3.22. The topological polar surface area (TPSA) is 59.4 Å². The van der Waals surface area contributed by atoms with Gasteiger partial charge in [0, 0.05) is 50.2 Å². The third kappa shape index (κ3) is 4.24. The molecule has 2 aromatic heterocycles. The van der Waals surface area contributed by atoms with Crippen LogP contribution >= 0.6 is 0 Å². The molecule has 2 unspecified atom stereocenters. The Bertz CT molecular complexity index is 1080. The van der Waals surface area contributed by atoms with Gasteiger partial charge in [-0.05, 0) is 30.0 Å². The molecule has 0 aliphatic carbocycles. The highest BCUT2D eigenvalue weighted by Crippen LogP contribution is 2.37. The SMILES string of the molecule is O=c1ccn(CCN2CCOCC2)c2c1C(C(c1ccccc1)c1ccccn1)NC=C2. The summed E-state index contributed by atoms with van der Waals surface area (Å²) < 4.78 is 7.67. The van der Waals surface area contributed by atoms with Crippen molar-refractivity contribution in [2.75, 3.05) is 32.8 Å². The lowest BCUT2D eigenvalue weighted by molar-refractivity contribution is 0.0363. The first-order chi connectivity index (χ1) is 15.8. The minimum Gasteiger partial charge on any atom is -0.383 e. The van der Waals surface area contributed by atoms with Crippen molar-refractivity contribution < 1.29 is 4.74 Å². The maximum absolute atomic E-state index is 13.2. The van der Waals surface area contributed by atoms with Crippen molar-refractivity contribution in [2.24, 2.45) is 0 Å². The molecule has 6 nitrogen and oxygen atoms in total. The fourth-order valence-electron chi connectivity index (χ4n) is 4.71. The minimum atomic E-state index is -0.198. The van der Waals surface area contributed by atoms with Gasteiger partial charge >= 0.3 is 0 Å².